The summed E-state index contributed by atoms with van der Waals surface area (Å²) in [7, 11) is 0. The van der Waals surface area contributed by atoms with Crippen LogP contribution in [0.4, 0.5) is 0 Å². The summed E-state index contributed by atoms with van der Waals surface area (Å²) in [6, 6.07) is 20.5. The molecule has 0 saturated carbocycles. The molecule has 0 aliphatic carbocycles. The van der Waals surface area contributed by atoms with Crippen LogP contribution in [0.3, 0.4) is 0 Å². The van der Waals surface area contributed by atoms with Gasteiger partial charge in [-0.05, 0) is 34.5 Å². The van der Waals surface area contributed by atoms with Gasteiger partial charge in [-0.1, -0.05) is 54.6 Å². The molecule has 3 rings (SSSR count). The minimum Gasteiger partial charge on any atom is -0.423 e. The van der Waals surface area contributed by atoms with Gasteiger partial charge in [-0.15, -0.1) is 0 Å². The lowest BCUT2D eigenvalue weighted by molar-refractivity contribution is -0.128. The molecule has 0 amide bonds. The van der Waals surface area contributed by atoms with E-state index in [4.69, 9.17) is 4.74 Å². The maximum atomic E-state index is 12.0. The van der Waals surface area contributed by atoms with Crippen molar-refractivity contribution >= 4 is 29.1 Å². The number of carbonyl (C=O) groups is 2. The molecule has 0 bridgehead atoms. The van der Waals surface area contributed by atoms with Gasteiger partial charge in [0, 0.05) is 6.08 Å². The van der Waals surface area contributed by atoms with E-state index in [1.807, 2.05) is 42.5 Å². The van der Waals surface area contributed by atoms with E-state index >= 15 is 0 Å². The van der Waals surface area contributed by atoms with E-state index in [1.54, 1.807) is 30.3 Å². The molecule has 112 valence electrons. The number of aldehydes is 1. The third kappa shape index (κ3) is 3.35. The second kappa shape index (κ2) is 6.71. The Labute approximate surface area is 133 Å². The number of hydrogen-bond acceptors (Lipinski definition) is 3. The summed E-state index contributed by atoms with van der Waals surface area (Å²) in [6.45, 7) is 0. The molecular weight excluding hydrogens is 288 g/mol. The molecule has 0 fully saturated rings. The highest BCUT2D eigenvalue weighted by Crippen LogP contribution is 2.20. The maximum Gasteiger partial charge on any atom is 0.336 e. The normalized spacial score (nSPS) is 10.8. The summed E-state index contributed by atoms with van der Waals surface area (Å²) in [5.74, 6) is -0.262. The number of benzene rings is 3. The third-order valence-corrected chi connectivity index (χ3v) is 3.48. The fraction of sp³-hybridized carbons (Fsp3) is 0. The number of carbonyl (C=O) groups excluding carboxylic acids is 2. The predicted octanol–water partition coefficient (Wildman–Crippen LogP) is 4.27. The average Bonchev–Trinajstić information content (AvgIpc) is 2.60. The van der Waals surface area contributed by atoms with Crippen LogP contribution in [-0.4, -0.2) is 12.3 Å². The second-order valence-corrected chi connectivity index (χ2v) is 4.98. The Bertz CT molecular complexity index is 889. The smallest absolute Gasteiger partial charge is 0.336 e. The van der Waals surface area contributed by atoms with Crippen LogP contribution < -0.4 is 4.74 Å². The van der Waals surface area contributed by atoms with E-state index in [-0.39, 0.29) is 5.75 Å². The Balaban J connectivity index is 1.82. The standard InChI is InChI=1S/C20H14O3/c21-14-17-7-2-4-11-19(17)23-20(22)13-12-16-9-5-8-15-6-1-3-10-18(15)16/h1-14H/b13-12+. The molecule has 0 atom stereocenters. The molecule has 0 aliphatic heterocycles. The van der Waals surface area contributed by atoms with Crippen LogP contribution in [-0.2, 0) is 4.79 Å². The van der Waals surface area contributed by atoms with Gasteiger partial charge >= 0.3 is 5.97 Å². The van der Waals surface area contributed by atoms with Gasteiger partial charge in [-0.3, -0.25) is 4.79 Å². The molecule has 3 heteroatoms. The lowest BCUT2D eigenvalue weighted by Crippen LogP contribution is -2.05. The minimum absolute atomic E-state index is 0.259. The Morgan fingerprint density at radius 3 is 2.39 bits per heavy atom. The molecule has 3 nitrogen and oxygen atoms in total. The van der Waals surface area contributed by atoms with Gasteiger partial charge in [-0.2, -0.15) is 0 Å². The first kappa shape index (κ1) is 14.7. The largest absolute Gasteiger partial charge is 0.423 e. The van der Waals surface area contributed by atoms with Crippen molar-refractivity contribution in [1.29, 1.82) is 0 Å². The van der Waals surface area contributed by atoms with Gasteiger partial charge in [0.15, 0.2) is 6.29 Å². The summed E-state index contributed by atoms with van der Waals surface area (Å²) in [4.78, 5) is 22.9. The topological polar surface area (TPSA) is 43.4 Å². The zero-order valence-electron chi connectivity index (χ0n) is 12.3. The number of ether oxygens (including phenoxy) is 1. The molecule has 0 aliphatic rings. The Kier molecular flexibility index (Phi) is 4.29. The maximum absolute atomic E-state index is 12.0. The summed E-state index contributed by atoms with van der Waals surface area (Å²) in [5.41, 5.74) is 1.28. The van der Waals surface area contributed by atoms with Crippen LogP contribution in [0.2, 0.25) is 0 Å². The van der Waals surface area contributed by atoms with E-state index < -0.39 is 5.97 Å². The van der Waals surface area contributed by atoms with Crippen molar-refractivity contribution in [1.82, 2.24) is 0 Å². The van der Waals surface area contributed by atoms with Gasteiger partial charge < -0.3 is 4.74 Å². The molecule has 0 spiro atoms. The zero-order valence-corrected chi connectivity index (χ0v) is 12.3. The molecule has 23 heavy (non-hydrogen) atoms. The number of esters is 1. The predicted molar refractivity (Wildman–Crippen MR) is 90.4 cm³/mol. The van der Waals surface area contributed by atoms with Crippen molar-refractivity contribution in [3.8, 4) is 5.75 Å². The molecule has 0 aromatic heterocycles. The molecule has 0 saturated heterocycles. The third-order valence-electron chi connectivity index (χ3n) is 3.48. The van der Waals surface area contributed by atoms with Crippen molar-refractivity contribution in [3.63, 3.8) is 0 Å². The lowest BCUT2D eigenvalue weighted by Gasteiger charge is -2.04. The molecule has 0 heterocycles. The van der Waals surface area contributed by atoms with Crippen molar-refractivity contribution in [2.75, 3.05) is 0 Å². The van der Waals surface area contributed by atoms with Crippen LogP contribution in [0.5, 0.6) is 5.75 Å². The van der Waals surface area contributed by atoms with E-state index in [0.29, 0.717) is 11.8 Å². The summed E-state index contributed by atoms with van der Waals surface area (Å²) in [6.07, 6.45) is 3.74. The van der Waals surface area contributed by atoms with Gasteiger partial charge in [0.25, 0.3) is 0 Å². The first-order valence-corrected chi connectivity index (χ1v) is 7.20. The Hall–Kier alpha value is -3.20. The quantitative estimate of drug-likeness (QED) is 0.313. The average molecular weight is 302 g/mol. The van der Waals surface area contributed by atoms with Crippen molar-refractivity contribution in [2.24, 2.45) is 0 Å². The SMILES string of the molecule is O=Cc1ccccc1OC(=O)/C=C/c1cccc2ccccc12. The fourth-order valence-corrected chi connectivity index (χ4v) is 2.37. The van der Waals surface area contributed by atoms with E-state index in [9.17, 15) is 9.59 Å². The van der Waals surface area contributed by atoms with Crippen molar-refractivity contribution < 1.29 is 14.3 Å². The molecule has 0 unspecified atom stereocenters. The van der Waals surface area contributed by atoms with Crippen molar-refractivity contribution in [3.05, 3.63) is 83.9 Å². The van der Waals surface area contributed by atoms with Crippen LogP contribution >= 0.6 is 0 Å². The zero-order chi connectivity index (χ0) is 16.1. The van der Waals surface area contributed by atoms with E-state index in [0.717, 1.165) is 16.3 Å². The van der Waals surface area contributed by atoms with Gasteiger partial charge in [0.2, 0.25) is 0 Å². The first-order chi connectivity index (χ1) is 11.3. The summed E-state index contributed by atoms with van der Waals surface area (Å²) >= 11 is 0. The second-order valence-electron chi connectivity index (χ2n) is 4.98. The number of para-hydroxylation sites is 1. The van der Waals surface area contributed by atoms with E-state index in [2.05, 4.69) is 0 Å². The number of fused-ring (bicyclic) bond motifs is 1. The van der Waals surface area contributed by atoms with Gasteiger partial charge in [-0.25, -0.2) is 4.79 Å². The summed E-state index contributed by atoms with van der Waals surface area (Å²) < 4.78 is 5.21. The lowest BCUT2D eigenvalue weighted by atomic mass is 10.0. The molecule has 0 radical (unpaired) electrons. The highest BCUT2D eigenvalue weighted by molar-refractivity contribution is 5.95. The van der Waals surface area contributed by atoms with Crippen molar-refractivity contribution in [2.45, 2.75) is 0 Å². The highest BCUT2D eigenvalue weighted by Gasteiger charge is 2.06. The highest BCUT2D eigenvalue weighted by atomic mass is 16.5. The fourth-order valence-electron chi connectivity index (χ4n) is 2.37. The van der Waals surface area contributed by atoms with Crippen LogP contribution in [0.1, 0.15) is 15.9 Å². The molecular formula is C20H14O3. The van der Waals surface area contributed by atoms with Crippen LogP contribution in [0.15, 0.2) is 72.8 Å². The van der Waals surface area contributed by atoms with E-state index in [1.165, 1.54) is 6.08 Å². The van der Waals surface area contributed by atoms with Gasteiger partial charge in [0.05, 0.1) is 5.56 Å². The Morgan fingerprint density at radius 1 is 0.826 bits per heavy atom. The monoisotopic (exact) mass is 302 g/mol. The van der Waals surface area contributed by atoms with Gasteiger partial charge in [0.1, 0.15) is 5.75 Å². The summed E-state index contributed by atoms with van der Waals surface area (Å²) in [5, 5.41) is 2.17. The first-order valence-electron chi connectivity index (χ1n) is 7.20. The van der Waals surface area contributed by atoms with Crippen LogP contribution in [0, 0.1) is 0 Å². The number of rotatable bonds is 4. The Morgan fingerprint density at radius 2 is 1.52 bits per heavy atom. The number of hydrogen-bond donors (Lipinski definition) is 0. The van der Waals surface area contributed by atoms with Crippen LogP contribution in [0.25, 0.3) is 16.8 Å². The molecule has 3 aromatic rings. The minimum atomic E-state index is -0.521. The molecule has 0 N–H and O–H groups in total. The molecule has 3 aromatic carbocycles.